The molecule has 0 atom stereocenters. The van der Waals surface area contributed by atoms with Crippen molar-refractivity contribution in [2.75, 3.05) is 10.6 Å². The topological polar surface area (TPSA) is 93.0 Å². The van der Waals surface area contributed by atoms with Gasteiger partial charge in [0.05, 0.1) is 21.3 Å². The summed E-state index contributed by atoms with van der Waals surface area (Å²) >= 11 is 6.03. The molecule has 26 heavy (non-hydrogen) atoms. The van der Waals surface area contributed by atoms with E-state index in [2.05, 4.69) is 20.6 Å². The molecule has 0 radical (unpaired) electrons. The Morgan fingerprint density at radius 1 is 1.00 bits per heavy atom. The van der Waals surface area contributed by atoms with E-state index in [1.165, 1.54) is 0 Å². The highest BCUT2D eigenvalue weighted by Crippen LogP contribution is 2.35. The predicted molar refractivity (Wildman–Crippen MR) is 93.1 cm³/mol. The summed E-state index contributed by atoms with van der Waals surface area (Å²) in [6.45, 7) is 0. The molecule has 0 aliphatic carbocycles. The van der Waals surface area contributed by atoms with Gasteiger partial charge in [0.25, 0.3) is 0 Å². The first kappa shape index (κ1) is 17.5. The number of halogens is 3. The highest BCUT2D eigenvalue weighted by atomic mass is 35.5. The second-order valence-electron chi connectivity index (χ2n) is 5.03. The van der Waals surface area contributed by atoms with Crippen LogP contribution in [0.25, 0.3) is 0 Å². The van der Waals surface area contributed by atoms with Gasteiger partial charge in [-0.2, -0.15) is 0 Å². The molecule has 7 nitrogen and oxygen atoms in total. The Hall–Kier alpha value is -3.33. The predicted octanol–water partition coefficient (Wildman–Crippen LogP) is 4.80. The van der Waals surface area contributed by atoms with Crippen molar-refractivity contribution in [2.24, 2.45) is 0 Å². The van der Waals surface area contributed by atoms with Gasteiger partial charge in [-0.05, 0) is 24.3 Å². The van der Waals surface area contributed by atoms with E-state index in [0.717, 1.165) is 24.5 Å². The van der Waals surface area contributed by atoms with Gasteiger partial charge < -0.3 is 10.6 Å². The summed E-state index contributed by atoms with van der Waals surface area (Å²) in [5.74, 6) is -1.96. The molecule has 0 fully saturated rings. The second kappa shape index (κ2) is 7.28. The third kappa shape index (κ3) is 3.67. The van der Waals surface area contributed by atoms with Gasteiger partial charge in [-0.3, -0.25) is 10.1 Å². The zero-order chi connectivity index (χ0) is 18.7. The molecular formula is C16H10ClF2N5O2. The van der Waals surface area contributed by atoms with Gasteiger partial charge in [0.2, 0.25) is 11.6 Å². The van der Waals surface area contributed by atoms with Crippen molar-refractivity contribution in [2.45, 2.75) is 0 Å². The highest BCUT2D eigenvalue weighted by molar-refractivity contribution is 6.33. The minimum absolute atomic E-state index is 0.155. The van der Waals surface area contributed by atoms with E-state index in [9.17, 15) is 18.9 Å². The lowest BCUT2D eigenvalue weighted by molar-refractivity contribution is -0.383. The Balaban J connectivity index is 2.03. The van der Waals surface area contributed by atoms with E-state index < -0.39 is 22.2 Å². The molecule has 1 heterocycles. The Kier molecular flexibility index (Phi) is 4.90. The molecule has 0 aliphatic heterocycles. The number of hydrogen-bond donors (Lipinski definition) is 2. The summed E-state index contributed by atoms with van der Waals surface area (Å²) in [7, 11) is 0. The van der Waals surface area contributed by atoms with Crippen LogP contribution in [-0.2, 0) is 0 Å². The molecule has 2 aromatic carbocycles. The molecule has 2 N–H and O–H groups in total. The van der Waals surface area contributed by atoms with Crippen molar-refractivity contribution in [3.8, 4) is 0 Å². The Morgan fingerprint density at radius 2 is 1.65 bits per heavy atom. The van der Waals surface area contributed by atoms with Gasteiger partial charge in [-0.25, -0.2) is 18.7 Å². The van der Waals surface area contributed by atoms with Gasteiger partial charge in [0, 0.05) is 6.07 Å². The molecule has 132 valence electrons. The fourth-order valence-electron chi connectivity index (χ4n) is 2.15. The fraction of sp³-hybridized carbons (Fsp3) is 0. The first-order valence-electron chi connectivity index (χ1n) is 7.18. The van der Waals surface area contributed by atoms with Crippen molar-refractivity contribution in [1.82, 2.24) is 9.97 Å². The maximum absolute atomic E-state index is 13.8. The second-order valence-corrected chi connectivity index (χ2v) is 5.44. The van der Waals surface area contributed by atoms with Gasteiger partial charge in [0.1, 0.15) is 18.0 Å². The number of hydrogen-bond acceptors (Lipinski definition) is 6. The fourth-order valence-corrected chi connectivity index (χ4v) is 2.33. The monoisotopic (exact) mass is 377 g/mol. The van der Waals surface area contributed by atoms with Crippen molar-refractivity contribution in [3.63, 3.8) is 0 Å². The van der Waals surface area contributed by atoms with Crippen LogP contribution in [0.15, 0.2) is 48.8 Å². The van der Waals surface area contributed by atoms with Gasteiger partial charge in [-0.15, -0.1) is 0 Å². The number of benzene rings is 2. The molecule has 0 bridgehead atoms. The average Bonchev–Trinajstić information content (AvgIpc) is 2.60. The lowest BCUT2D eigenvalue weighted by Crippen LogP contribution is -2.06. The van der Waals surface area contributed by atoms with E-state index >= 15 is 0 Å². The summed E-state index contributed by atoms with van der Waals surface area (Å²) in [5, 5.41) is 17.0. The molecule has 10 heteroatoms. The van der Waals surface area contributed by atoms with E-state index in [1.807, 2.05) is 0 Å². The van der Waals surface area contributed by atoms with Crippen molar-refractivity contribution in [1.29, 1.82) is 0 Å². The average molecular weight is 378 g/mol. The van der Waals surface area contributed by atoms with E-state index in [-0.39, 0.29) is 17.3 Å². The maximum atomic E-state index is 13.8. The van der Waals surface area contributed by atoms with Crippen LogP contribution in [0.3, 0.4) is 0 Å². The van der Waals surface area contributed by atoms with Crippen molar-refractivity contribution in [3.05, 3.63) is 75.6 Å². The molecule has 0 saturated heterocycles. The van der Waals surface area contributed by atoms with Crippen LogP contribution in [0, 0.1) is 21.7 Å². The minimum atomic E-state index is -0.792. The Morgan fingerprint density at radius 3 is 2.31 bits per heavy atom. The lowest BCUT2D eigenvalue weighted by atomic mass is 10.3. The van der Waals surface area contributed by atoms with Gasteiger partial charge >= 0.3 is 5.69 Å². The van der Waals surface area contributed by atoms with E-state index in [4.69, 9.17) is 11.6 Å². The van der Waals surface area contributed by atoms with Crippen molar-refractivity contribution < 1.29 is 13.7 Å². The molecule has 3 rings (SSSR count). The summed E-state index contributed by atoms with van der Waals surface area (Å²) in [4.78, 5) is 18.4. The number of para-hydroxylation sites is 1. The van der Waals surface area contributed by atoms with Crippen LogP contribution in [0.5, 0.6) is 0 Å². The van der Waals surface area contributed by atoms with Crippen LogP contribution >= 0.6 is 11.6 Å². The number of aromatic nitrogens is 2. The van der Waals surface area contributed by atoms with Gasteiger partial charge in [0.15, 0.2) is 0 Å². The number of nitrogens with one attached hydrogen (secondary N) is 2. The number of nitrogens with zero attached hydrogens (tertiary/aromatic N) is 3. The Bertz CT molecular complexity index is 987. The minimum Gasteiger partial charge on any atom is -0.333 e. The molecule has 3 aromatic rings. The first-order valence-corrected chi connectivity index (χ1v) is 7.56. The molecule has 0 amide bonds. The molecule has 0 saturated carbocycles. The third-order valence-electron chi connectivity index (χ3n) is 3.31. The zero-order valence-corrected chi connectivity index (χ0v) is 13.7. The smallest absolute Gasteiger partial charge is 0.333 e. The quantitative estimate of drug-likeness (QED) is 0.490. The van der Waals surface area contributed by atoms with Gasteiger partial charge in [-0.1, -0.05) is 23.7 Å². The van der Waals surface area contributed by atoms with Crippen LogP contribution in [0.2, 0.25) is 5.02 Å². The number of rotatable bonds is 5. The van der Waals surface area contributed by atoms with Crippen LogP contribution in [0.4, 0.5) is 37.5 Å². The molecule has 0 aliphatic rings. The SMILES string of the molecule is O=[N+]([O-])c1c(Nc2cc(F)ccc2F)ncnc1Nc1ccccc1Cl. The number of anilines is 4. The number of nitro groups is 1. The molecule has 0 unspecified atom stereocenters. The van der Waals surface area contributed by atoms with Crippen LogP contribution < -0.4 is 10.6 Å². The summed E-state index contributed by atoms with van der Waals surface area (Å²) in [5.41, 5.74) is -0.453. The van der Waals surface area contributed by atoms with Crippen LogP contribution in [0.1, 0.15) is 0 Å². The third-order valence-corrected chi connectivity index (χ3v) is 3.64. The normalized spacial score (nSPS) is 10.4. The summed E-state index contributed by atoms with van der Waals surface area (Å²) in [6, 6.07) is 9.27. The Labute approximate surface area is 150 Å². The van der Waals surface area contributed by atoms with Crippen LogP contribution in [-0.4, -0.2) is 14.9 Å². The molecule has 1 aromatic heterocycles. The lowest BCUT2D eigenvalue weighted by Gasteiger charge is -2.11. The molecular weight excluding hydrogens is 368 g/mol. The first-order chi connectivity index (χ1) is 12.5. The maximum Gasteiger partial charge on any atom is 0.353 e. The van der Waals surface area contributed by atoms with Crippen molar-refractivity contribution >= 4 is 40.3 Å². The zero-order valence-electron chi connectivity index (χ0n) is 12.9. The largest absolute Gasteiger partial charge is 0.353 e. The summed E-state index contributed by atoms with van der Waals surface area (Å²) < 4.78 is 27.1. The molecule has 0 spiro atoms. The standard InChI is InChI=1S/C16H10ClF2N5O2/c17-10-3-1-2-4-12(10)22-15-14(24(25)26)16(21-8-20-15)23-13-7-9(18)5-6-11(13)19/h1-8H,(H2,20,21,22,23). The highest BCUT2D eigenvalue weighted by Gasteiger charge is 2.24. The van der Waals surface area contributed by atoms with E-state index in [1.54, 1.807) is 24.3 Å². The van der Waals surface area contributed by atoms with E-state index in [0.29, 0.717) is 10.7 Å². The summed E-state index contributed by atoms with van der Waals surface area (Å²) in [6.07, 6.45) is 1.05.